The number of nitrogens with zero attached hydrogens (tertiary/aromatic N) is 2. The minimum Gasteiger partial charge on any atom is -0.357 e. The van der Waals surface area contributed by atoms with Crippen LogP contribution in [0.4, 0.5) is 5.69 Å². The van der Waals surface area contributed by atoms with E-state index in [0.717, 1.165) is 27.3 Å². The molecular weight excluding hydrogens is 522 g/mol. The van der Waals surface area contributed by atoms with Crippen molar-refractivity contribution < 1.29 is 18.0 Å². The van der Waals surface area contributed by atoms with E-state index in [4.69, 9.17) is 11.6 Å². The van der Waals surface area contributed by atoms with Crippen molar-refractivity contribution in [1.82, 2.24) is 10.2 Å². The third-order valence-electron chi connectivity index (χ3n) is 6.27. The van der Waals surface area contributed by atoms with Crippen LogP contribution in [0.3, 0.4) is 0 Å². The Hall–Kier alpha value is -3.36. The number of likely N-dealkylation sites (N-methyl/N-ethyl adjacent to an activating group) is 1. The first kappa shape index (κ1) is 29.2. The lowest BCUT2D eigenvalue weighted by molar-refractivity contribution is -0.139. The lowest BCUT2D eigenvalue weighted by atomic mass is 10.0. The summed E-state index contributed by atoms with van der Waals surface area (Å²) in [5, 5.41) is 3.16. The lowest BCUT2D eigenvalue weighted by Gasteiger charge is -2.34. The van der Waals surface area contributed by atoms with Gasteiger partial charge in [0.05, 0.1) is 11.9 Å². The van der Waals surface area contributed by atoms with E-state index >= 15 is 0 Å². The molecule has 1 N–H and O–H groups in total. The number of carbonyl (C=O) groups is 2. The second kappa shape index (κ2) is 12.9. The van der Waals surface area contributed by atoms with Crippen molar-refractivity contribution >= 4 is 39.1 Å². The van der Waals surface area contributed by atoms with Crippen molar-refractivity contribution in [3.05, 3.63) is 101 Å². The first-order chi connectivity index (χ1) is 18.0. The average Bonchev–Trinajstić information content (AvgIpc) is 2.88. The summed E-state index contributed by atoms with van der Waals surface area (Å²) in [6, 6.07) is 22.7. The van der Waals surface area contributed by atoms with Crippen molar-refractivity contribution in [2.45, 2.75) is 38.8 Å². The molecule has 3 aromatic rings. The van der Waals surface area contributed by atoms with Crippen molar-refractivity contribution in [3.63, 3.8) is 0 Å². The molecule has 202 valence electrons. The monoisotopic (exact) mass is 555 g/mol. The number of halogens is 1. The van der Waals surface area contributed by atoms with E-state index in [2.05, 4.69) is 5.32 Å². The molecule has 0 aliphatic heterocycles. The smallest absolute Gasteiger partial charge is 0.244 e. The summed E-state index contributed by atoms with van der Waals surface area (Å²) in [4.78, 5) is 28.6. The summed E-state index contributed by atoms with van der Waals surface area (Å²) in [5.74, 6) is -0.818. The average molecular weight is 556 g/mol. The minimum absolute atomic E-state index is 0.0322. The Morgan fingerprint density at radius 2 is 1.55 bits per heavy atom. The Kier molecular flexibility index (Phi) is 9.94. The largest absolute Gasteiger partial charge is 0.357 e. The number of nitrogens with one attached hydrogen (secondary N) is 1. The summed E-state index contributed by atoms with van der Waals surface area (Å²) in [7, 11) is -2.31. The number of hydrogen-bond donors (Lipinski definition) is 1. The van der Waals surface area contributed by atoms with Crippen LogP contribution in [0.15, 0.2) is 78.9 Å². The topological polar surface area (TPSA) is 86.8 Å². The SMILES string of the molecule is CNC(=O)[C@H](Cc1ccccc1)N(Cc1cccc(Cl)c1)C(=O)CN(c1ccccc1C(C)C)S(C)(=O)=O. The minimum atomic E-state index is -3.83. The van der Waals surface area contributed by atoms with Gasteiger partial charge in [-0.05, 0) is 40.8 Å². The second-order valence-corrected chi connectivity index (χ2v) is 11.8. The fraction of sp³-hybridized carbons (Fsp3) is 0.310. The molecule has 0 spiro atoms. The van der Waals surface area contributed by atoms with E-state index in [-0.39, 0.29) is 24.8 Å². The number of hydrogen-bond acceptors (Lipinski definition) is 4. The maximum Gasteiger partial charge on any atom is 0.244 e. The van der Waals surface area contributed by atoms with Crippen molar-refractivity contribution in [2.24, 2.45) is 0 Å². The highest BCUT2D eigenvalue weighted by Crippen LogP contribution is 2.29. The molecular formula is C29H34ClN3O4S. The van der Waals surface area contributed by atoms with Crippen LogP contribution in [0.2, 0.25) is 5.02 Å². The van der Waals surface area contributed by atoms with Gasteiger partial charge in [0.15, 0.2) is 0 Å². The Morgan fingerprint density at radius 3 is 2.16 bits per heavy atom. The molecule has 0 radical (unpaired) electrons. The van der Waals surface area contributed by atoms with Crippen molar-refractivity contribution in [2.75, 3.05) is 24.2 Å². The zero-order chi connectivity index (χ0) is 27.9. The highest BCUT2D eigenvalue weighted by Gasteiger charge is 2.33. The Morgan fingerprint density at radius 1 is 0.921 bits per heavy atom. The highest BCUT2D eigenvalue weighted by atomic mass is 35.5. The maximum absolute atomic E-state index is 14.0. The molecule has 0 saturated carbocycles. The number of amides is 2. The first-order valence-electron chi connectivity index (χ1n) is 12.4. The van der Waals surface area contributed by atoms with Crippen molar-refractivity contribution in [3.8, 4) is 0 Å². The van der Waals surface area contributed by atoms with Gasteiger partial charge in [-0.1, -0.05) is 86.1 Å². The number of sulfonamides is 1. The molecule has 0 aromatic heterocycles. The van der Waals surface area contributed by atoms with E-state index < -0.39 is 28.5 Å². The molecule has 0 bridgehead atoms. The van der Waals surface area contributed by atoms with Gasteiger partial charge in [0.1, 0.15) is 12.6 Å². The number of benzene rings is 3. The van der Waals surface area contributed by atoms with Gasteiger partial charge in [-0.25, -0.2) is 8.42 Å². The van der Waals surface area contributed by atoms with Gasteiger partial charge < -0.3 is 10.2 Å². The van der Waals surface area contributed by atoms with Crippen LogP contribution in [0.5, 0.6) is 0 Å². The van der Waals surface area contributed by atoms with Crippen LogP contribution < -0.4 is 9.62 Å². The quantitative estimate of drug-likeness (QED) is 0.374. The van der Waals surface area contributed by atoms with E-state index in [1.165, 1.54) is 11.9 Å². The van der Waals surface area contributed by atoms with Crippen LogP contribution in [-0.4, -0.2) is 51.0 Å². The zero-order valence-electron chi connectivity index (χ0n) is 22.1. The molecule has 9 heteroatoms. The molecule has 0 heterocycles. The normalized spacial score (nSPS) is 12.2. The van der Waals surface area contributed by atoms with Gasteiger partial charge in [0.2, 0.25) is 21.8 Å². The van der Waals surface area contributed by atoms with Crippen LogP contribution in [-0.2, 0) is 32.6 Å². The van der Waals surface area contributed by atoms with Crippen LogP contribution in [0.1, 0.15) is 36.5 Å². The van der Waals surface area contributed by atoms with Gasteiger partial charge in [-0.15, -0.1) is 0 Å². The molecule has 0 unspecified atom stereocenters. The van der Waals surface area contributed by atoms with E-state index in [1.54, 1.807) is 30.3 Å². The molecule has 0 fully saturated rings. The van der Waals surface area contributed by atoms with Crippen molar-refractivity contribution in [1.29, 1.82) is 0 Å². The van der Waals surface area contributed by atoms with Crippen LogP contribution in [0, 0.1) is 0 Å². The predicted molar refractivity (Wildman–Crippen MR) is 153 cm³/mol. The molecule has 3 rings (SSSR count). The van der Waals surface area contributed by atoms with E-state index in [9.17, 15) is 18.0 Å². The molecule has 1 atom stereocenters. The Balaban J connectivity index is 2.07. The lowest BCUT2D eigenvalue weighted by Crippen LogP contribution is -2.53. The van der Waals surface area contributed by atoms with Gasteiger partial charge in [0.25, 0.3) is 0 Å². The molecule has 38 heavy (non-hydrogen) atoms. The molecule has 7 nitrogen and oxygen atoms in total. The fourth-order valence-corrected chi connectivity index (χ4v) is 5.43. The molecule has 2 amide bonds. The van der Waals surface area contributed by atoms with Gasteiger partial charge in [-0.3, -0.25) is 13.9 Å². The van der Waals surface area contributed by atoms with E-state index in [1.807, 2.05) is 62.4 Å². The number of carbonyl (C=O) groups excluding carboxylic acids is 2. The fourth-order valence-electron chi connectivity index (χ4n) is 4.35. The number of para-hydroxylation sites is 1. The van der Waals surface area contributed by atoms with Crippen LogP contribution >= 0.6 is 11.6 Å². The molecule has 0 aliphatic carbocycles. The van der Waals surface area contributed by atoms with E-state index in [0.29, 0.717) is 10.7 Å². The summed E-state index contributed by atoms with van der Waals surface area (Å²) >= 11 is 6.21. The van der Waals surface area contributed by atoms with Gasteiger partial charge >= 0.3 is 0 Å². The van der Waals surface area contributed by atoms with Crippen LogP contribution in [0.25, 0.3) is 0 Å². The molecule has 0 saturated heterocycles. The Bertz CT molecular complexity index is 1360. The highest BCUT2D eigenvalue weighted by molar-refractivity contribution is 7.92. The molecule has 3 aromatic carbocycles. The standard InChI is InChI=1S/C29H34ClN3O4S/c1-21(2)25-15-8-9-16-26(25)33(38(4,36)37)20-28(34)32(19-23-13-10-14-24(30)17-23)27(29(35)31-3)18-22-11-6-5-7-12-22/h5-17,21,27H,18-20H2,1-4H3,(H,31,35)/t27-/m0/s1. The Labute approximate surface area is 230 Å². The predicted octanol–water partition coefficient (Wildman–Crippen LogP) is 4.62. The number of rotatable bonds is 11. The third-order valence-corrected chi connectivity index (χ3v) is 7.63. The summed E-state index contributed by atoms with van der Waals surface area (Å²) in [5.41, 5.74) is 2.84. The second-order valence-electron chi connectivity index (χ2n) is 9.45. The number of anilines is 1. The maximum atomic E-state index is 14.0. The third kappa shape index (κ3) is 7.58. The first-order valence-corrected chi connectivity index (χ1v) is 14.6. The van der Waals surface area contributed by atoms with Gasteiger partial charge in [-0.2, -0.15) is 0 Å². The zero-order valence-corrected chi connectivity index (χ0v) is 23.7. The van der Waals surface area contributed by atoms with Gasteiger partial charge in [0, 0.05) is 25.0 Å². The summed E-state index contributed by atoms with van der Waals surface area (Å²) < 4.78 is 27.1. The summed E-state index contributed by atoms with van der Waals surface area (Å²) in [6.45, 7) is 3.56. The summed E-state index contributed by atoms with van der Waals surface area (Å²) in [6.07, 6.45) is 1.34. The molecule has 0 aliphatic rings.